The minimum atomic E-state index is -3.48. The number of hydrogen-bond acceptors (Lipinski definition) is 4. The van der Waals surface area contributed by atoms with Gasteiger partial charge in [0, 0.05) is 38.1 Å². The summed E-state index contributed by atoms with van der Waals surface area (Å²) in [7, 11) is 2.21. The second kappa shape index (κ2) is 5.48. The van der Waals surface area contributed by atoms with E-state index in [1.165, 1.54) is 0 Å². The molecule has 1 aliphatic heterocycles. The quantitative estimate of drug-likeness (QED) is 0.856. The molecule has 1 N–H and O–H groups in total. The molecule has 2 atom stereocenters. The molecule has 2 rings (SSSR count). The van der Waals surface area contributed by atoms with Gasteiger partial charge in [0.05, 0.1) is 6.61 Å². The van der Waals surface area contributed by atoms with E-state index in [1.807, 2.05) is 14.1 Å². The van der Waals surface area contributed by atoms with Crippen molar-refractivity contribution >= 4 is 10.0 Å². The van der Waals surface area contributed by atoms with E-state index < -0.39 is 10.0 Å². The minimum absolute atomic E-state index is 0.164. The normalized spacial score (nSPS) is 24.7. The van der Waals surface area contributed by atoms with Crippen molar-refractivity contribution in [3.05, 3.63) is 18.0 Å². The van der Waals surface area contributed by atoms with Gasteiger partial charge in [-0.25, -0.2) is 8.42 Å². The number of nitrogens with zero attached hydrogens (tertiary/aromatic N) is 3. The summed E-state index contributed by atoms with van der Waals surface area (Å²) in [5.41, 5.74) is 0.597. The third kappa shape index (κ3) is 2.63. The van der Waals surface area contributed by atoms with Crippen molar-refractivity contribution in [1.82, 2.24) is 13.8 Å². The lowest BCUT2D eigenvalue weighted by atomic mass is 10.1. The van der Waals surface area contributed by atoms with Gasteiger partial charge in [-0.2, -0.15) is 4.31 Å². The van der Waals surface area contributed by atoms with Crippen LogP contribution in [0.5, 0.6) is 0 Å². The molecule has 0 radical (unpaired) electrons. The van der Waals surface area contributed by atoms with Crippen molar-refractivity contribution in [2.75, 3.05) is 27.2 Å². The van der Waals surface area contributed by atoms with E-state index in [2.05, 4.69) is 11.8 Å². The first-order chi connectivity index (χ1) is 9.27. The van der Waals surface area contributed by atoms with E-state index in [1.54, 1.807) is 28.2 Å². The van der Waals surface area contributed by atoms with Crippen LogP contribution < -0.4 is 0 Å². The van der Waals surface area contributed by atoms with Crippen LogP contribution in [-0.2, 0) is 23.7 Å². The van der Waals surface area contributed by atoms with Crippen molar-refractivity contribution in [2.24, 2.45) is 13.0 Å². The van der Waals surface area contributed by atoms with Crippen LogP contribution in [0.3, 0.4) is 0 Å². The molecule has 1 aliphatic rings. The Morgan fingerprint density at radius 1 is 1.40 bits per heavy atom. The molecule has 1 fully saturated rings. The number of hydrogen-bond donors (Lipinski definition) is 1. The molecular formula is C13H23N3O3S. The van der Waals surface area contributed by atoms with E-state index in [9.17, 15) is 13.5 Å². The first-order valence-corrected chi connectivity index (χ1v) is 8.14. The van der Waals surface area contributed by atoms with Crippen molar-refractivity contribution in [2.45, 2.75) is 24.5 Å². The predicted octanol–water partition coefficient (Wildman–Crippen LogP) is 0.0880. The number of likely N-dealkylation sites (N-methyl/N-ethyl adjacent to an activating group) is 1. The number of rotatable bonds is 4. The highest BCUT2D eigenvalue weighted by molar-refractivity contribution is 7.89. The summed E-state index contributed by atoms with van der Waals surface area (Å²) in [6, 6.07) is 1.79. The van der Waals surface area contributed by atoms with Gasteiger partial charge in [0.1, 0.15) is 4.90 Å². The Morgan fingerprint density at radius 3 is 2.50 bits per heavy atom. The van der Waals surface area contributed by atoms with Gasteiger partial charge in [0.2, 0.25) is 10.0 Å². The molecule has 0 aromatic carbocycles. The maximum atomic E-state index is 12.6. The molecule has 6 nitrogen and oxygen atoms in total. The third-order valence-corrected chi connectivity index (χ3v) is 5.88. The lowest BCUT2D eigenvalue weighted by molar-refractivity contribution is 0.263. The Morgan fingerprint density at radius 2 is 2.05 bits per heavy atom. The monoisotopic (exact) mass is 301 g/mol. The molecule has 7 heteroatoms. The molecule has 1 saturated heterocycles. The van der Waals surface area contributed by atoms with Crippen LogP contribution in [0.1, 0.15) is 12.6 Å². The molecule has 1 aromatic heterocycles. The second-order valence-corrected chi connectivity index (χ2v) is 7.70. The maximum Gasteiger partial charge on any atom is 0.244 e. The van der Waals surface area contributed by atoms with E-state index in [4.69, 9.17) is 0 Å². The van der Waals surface area contributed by atoms with Crippen LogP contribution in [0.2, 0.25) is 0 Å². The molecule has 2 unspecified atom stereocenters. The maximum absolute atomic E-state index is 12.6. The molecule has 0 spiro atoms. The Kier molecular flexibility index (Phi) is 4.24. The van der Waals surface area contributed by atoms with Crippen LogP contribution in [0, 0.1) is 5.92 Å². The smallest absolute Gasteiger partial charge is 0.244 e. The molecule has 2 heterocycles. The molecule has 0 saturated carbocycles. The van der Waals surface area contributed by atoms with Crippen molar-refractivity contribution in [3.8, 4) is 0 Å². The summed E-state index contributed by atoms with van der Waals surface area (Å²) in [5.74, 6) is 0.306. The highest BCUT2D eigenvalue weighted by Crippen LogP contribution is 2.27. The highest BCUT2D eigenvalue weighted by atomic mass is 32.2. The second-order valence-electron chi connectivity index (χ2n) is 5.77. The topological polar surface area (TPSA) is 65.8 Å². The van der Waals surface area contributed by atoms with E-state index in [-0.39, 0.29) is 17.5 Å². The lowest BCUT2D eigenvalue weighted by Crippen LogP contribution is -2.35. The fourth-order valence-electron chi connectivity index (χ4n) is 2.80. The fraction of sp³-hybridized carbons (Fsp3) is 0.692. The highest BCUT2D eigenvalue weighted by Gasteiger charge is 2.38. The Bertz CT molecular complexity index is 580. The van der Waals surface area contributed by atoms with Gasteiger partial charge in [-0.1, -0.05) is 6.92 Å². The summed E-state index contributed by atoms with van der Waals surface area (Å²) < 4.78 is 28.5. The lowest BCUT2D eigenvalue weighted by Gasteiger charge is -2.22. The van der Waals surface area contributed by atoms with Gasteiger partial charge in [-0.05, 0) is 26.1 Å². The predicted molar refractivity (Wildman–Crippen MR) is 76.7 cm³/mol. The largest absolute Gasteiger partial charge is 0.390 e. The zero-order chi connectivity index (χ0) is 15.1. The number of aryl methyl sites for hydroxylation is 1. The Hall–Kier alpha value is -0.890. The zero-order valence-electron chi connectivity index (χ0n) is 12.4. The van der Waals surface area contributed by atoms with Crippen LogP contribution in [-0.4, -0.2) is 60.5 Å². The Balaban J connectivity index is 2.27. The van der Waals surface area contributed by atoms with Crippen LogP contribution in [0.15, 0.2) is 17.2 Å². The Labute approximate surface area is 120 Å². The van der Waals surface area contributed by atoms with E-state index in [0.717, 1.165) is 0 Å². The third-order valence-electron chi connectivity index (χ3n) is 4.09. The van der Waals surface area contributed by atoms with Crippen molar-refractivity contribution < 1.29 is 13.5 Å². The van der Waals surface area contributed by atoms with Gasteiger partial charge >= 0.3 is 0 Å². The van der Waals surface area contributed by atoms with Gasteiger partial charge in [-0.15, -0.1) is 0 Å². The molecule has 114 valence electrons. The minimum Gasteiger partial charge on any atom is -0.390 e. The van der Waals surface area contributed by atoms with Crippen molar-refractivity contribution in [1.29, 1.82) is 0 Å². The van der Waals surface area contributed by atoms with Crippen LogP contribution >= 0.6 is 0 Å². The molecule has 0 aliphatic carbocycles. The number of sulfonamides is 1. The first kappa shape index (κ1) is 15.5. The summed E-state index contributed by atoms with van der Waals surface area (Å²) >= 11 is 0. The van der Waals surface area contributed by atoms with E-state index in [0.29, 0.717) is 24.7 Å². The van der Waals surface area contributed by atoms with Gasteiger partial charge in [0.15, 0.2) is 0 Å². The summed E-state index contributed by atoms with van der Waals surface area (Å²) in [4.78, 5) is 2.33. The molecular weight excluding hydrogens is 278 g/mol. The first-order valence-electron chi connectivity index (χ1n) is 6.70. The van der Waals surface area contributed by atoms with Crippen LogP contribution in [0.4, 0.5) is 0 Å². The van der Waals surface area contributed by atoms with Gasteiger partial charge in [0.25, 0.3) is 0 Å². The number of aromatic nitrogens is 1. The number of aliphatic hydroxyl groups is 1. The molecule has 0 amide bonds. The van der Waals surface area contributed by atoms with Gasteiger partial charge in [-0.3, -0.25) is 0 Å². The van der Waals surface area contributed by atoms with E-state index >= 15 is 0 Å². The van der Waals surface area contributed by atoms with Crippen molar-refractivity contribution in [3.63, 3.8) is 0 Å². The molecule has 1 aromatic rings. The number of aliphatic hydroxyl groups excluding tert-OH is 1. The SMILES string of the molecule is CC1CN(S(=O)(=O)c2cc(CO)n(C)c2)CC1N(C)C. The summed E-state index contributed by atoms with van der Waals surface area (Å²) in [5, 5.41) is 9.18. The van der Waals surface area contributed by atoms with Gasteiger partial charge < -0.3 is 14.6 Å². The zero-order valence-corrected chi connectivity index (χ0v) is 13.3. The molecule has 0 bridgehead atoms. The summed E-state index contributed by atoms with van der Waals surface area (Å²) in [6.07, 6.45) is 1.56. The van der Waals surface area contributed by atoms with Crippen LogP contribution in [0.25, 0.3) is 0 Å². The average molecular weight is 301 g/mol. The molecule has 20 heavy (non-hydrogen) atoms. The standard InChI is InChI=1S/C13H23N3O3S/c1-10-6-16(8-13(10)14(2)3)20(18,19)12-5-11(9-17)15(4)7-12/h5,7,10,13,17H,6,8-9H2,1-4H3. The average Bonchev–Trinajstić information content (AvgIpc) is 2.93. The fourth-order valence-corrected chi connectivity index (χ4v) is 4.45. The summed E-state index contributed by atoms with van der Waals surface area (Å²) in [6.45, 7) is 2.96.